The van der Waals surface area contributed by atoms with Crippen LogP contribution in [0.15, 0.2) is 12.3 Å². The van der Waals surface area contributed by atoms with Crippen molar-refractivity contribution in [2.75, 3.05) is 0 Å². The summed E-state index contributed by atoms with van der Waals surface area (Å²) < 4.78 is 68.1. The van der Waals surface area contributed by atoms with Crippen LogP contribution in [0, 0.1) is 0 Å². The van der Waals surface area contributed by atoms with Crippen molar-refractivity contribution in [1.29, 1.82) is 0 Å². The van der Waals surface area contributed by atoms with Crippen LogP contribution in [-0.2, 0) is 19.0 Å². The first-order chi connectivity index (χ1) is 9.33. The molecule has 6 nitrogen and oxygen atoms in total. The number of hydrogen-bond acceptors (Lipinski definition) is 5. The van der Waals surface area contributed by atoms with Gasteiger partial charge in [-0.15, -0.1) is 0 Å². The van der Waals surface area contributed by atoms with Gasteiger partial charge in [0.2, 0.25) is 0 Å². The van der Waals surface area contributed by atoms with E-state index < -0.39 is 33.5 Å². The molecular weight excluding hydrogens is 315 g/mol. The van der Waals surface area contributed by atoms with Gasteiger partial charge >= 0.3 is 21.7 Å². The molecule has 21 heavy (non-hydrogen) atoms. The van der Waals surface area contributed by atoms with Crippen molar-refractivity contribution in [3.05, 3.63) is 12.3 Å². The lowest BCUT2D eigenvalue weighted by Crippen LogP contribution is -2.45. The van der Waals surface area contributed by atoms with E-state index in [1.165, 1.54) is 6.08 Å². The maximum atomic E-state index is 12.3. The van der Waals surface area contributed by atoms with E-state index in [2.05, 4.69) is 4.18 Å². The molecule has 0 aliphatic carbocycles. The van der Waals surface area contributed by atoms with E-state index in [9.17, 15) is 26.4 Å². The molecule has 1 heterocycles. The maximum absolute atomic E-state index is 12.3. The van der Waals surface area contributed by atoms with Gasteiger partial charge in [-0.2, -0.15) is 21.6 Å². The van der Waals surface area contributed by atoms with E-state index in [1.807, 2.05) is 0 Å². The Labute approximate surface area is 120 Å². The predicted octanol–water partition coefficient (Wildman–Crippen LogP) is 2.72. The molecule has 0 N–H and O–H groups in total. The molecule has 1 rings (SSSR count). The molecule has 1 unspecified atom stereocenters. The highest BCUT2D eigenvalue weighted by Crippen LogP contribution is 2.29. The van der Waals surface area contributed by atoms with Crippen molar-refractivity contribution in [2.45, 2.75) is 51.0 Å². The number of allylic oxidation sites excluding steroid dienone is 1. The van der Waals surface area contributed by atoms with Gasteiger partial charge in [0.05, 0.1) is 0 Å². The van der Waals surface area contributed by atoms with Gasteiger partial charge in [-0.05, 0) is 33.6 Å². The highest BCUT2D eigenvalue weighted by atomic mass is 32.2. The monoisotopic (exact) mass is 331 g/mol. The van der Waals surface area contributed by atoms with Gasteiger partial charge < -0.3 is 4.74 Å². The molecule has 0 aromatic carbocycles. The van der Waals surface area contributed by atoms with E-state index >= 15 is 0 Å². The number of alkyl halides is 3. The zero-order chi connectivity index (χ0) is 16.5. The van der Waals surface area contributed by atoms with Crippen molar-refractivity contribution < 1.29 is 35.3 Å². The van der Waals surface area contributed by atoms with Crippen LogP contribution >= 0.6 is 0 Å². The molecular formula is C11H16F3NO5S. The lowest BCUT2D eigenvalue weighted by Gasteiger charge is -2.32. The lowest BCUT2D eigenvalue weighted by atomic mass is 10.2. The van der Waals surface area contributed by atoms with Crippen molar-refractivity contribution in [3.63, 3.8) is 0 Å². The fraction of sp³-hybridized carbons (Fsp3) is 0.727. The van der Waals surface area contributed by atoms with Crippen LogP contribution in [0.2, 0.25) is 0 Å². The normalized spacial score (nSPS) is 20.5. The molecule has 0 fully saturated rings. The molecule has 1 amide bonds. The second-order valence-electron chi connectivity index (χ2n) is 5.30. The Morgan fingerprint density at radius 2 is 1.86 bits per heavy atom. The third kappa shape index (κ3) is 4.88. The van der Waals surface area contributed by atoms with E-state index in [0.717, 1.165) is 6.20 Å². The Balaban J connectivity index is 2.91. The van der Waals surface area contributed by atoms with E-state index in [0.29, 0.717) is 4.90 Å². The number of ether oxygens (including phenoxy) is 1. The number of carbonyl (C=O) groups excluding carboxylic acids is 1. The maximum Gasteiger partial charge on any atom is 0.523 e. The Bertz CT molecular complexity index is 521. The van der Waals surface area contributed by atoms with Crippen LogP contribution in [0.1, 0.15) is 33.6 Å². The zero-order valence-electron chi connectivity index (χ0n) is 11.7. The first-order valence-electron chi connectivity index (χ1n) is 6.01. The average Bonchev–Trinajstić information content (AvgIpc) is 2.25. The van der Waals surface area contributed by atoms with Crippen molar-refractivity contribution >= 4 is 16.2 Å². The van der Waals surface area contributed by atoms with Crippen molar-refractivity contribution in [3.8, 4) is 0 Å². The smallest absolute Gasteiger partial charge is 0.443 e. The summed E-state index contributed by atoms with van der Waals surface area (Å²) in [7, 11) is -5.79. The summed E-state index contributed by atoms with van der Waals surface area (Å²) in [5.74, 6) is 0. The summed E-state index contributed by atoms with van der Waals surface area (Å²) in [6, 6.07) is 0. The lowest BCUT2D eigenvalue weighted by molar-refractivity contribution is -0.0667. The summed E-state index contributed by atoms with van der Waals surface area (Å²) >= 11 is 0. The molecule has 1 aliphatic heterocycles. The van der Waals surface area contributed by atoms with Gasteiger partial charge in [0.1, 0.15) is 5.60 Å². The molecule has 10 heteroatoms. The molecule has 0 bridgehead atoms. The molecule has 122 valence electrons. The SMILES string of the molecule is CC(C)(C)OC(=O)N1C=CCCC1OS(=O)(=O)C(F)(F)F. The molecule has 0 spiro atoms. The Morgan fingerprint density at radius 1 is 1.29 bits per heavy atom. The van der Waals surface area contributed by atoms with E-state index in [4.69, 9.17) is 4.74 Å². The minimum atomic E-state index is -5.79. The number of amides is 1. The predicted molar refractivity (Wildman–Crippen MR) is 66.3 cm³/mol. The number of halogens is 3. The van der Waals surface area contributed by atoms with Crippen molar-refractivity contribution in [1.82, 2.24) is 4.90 Å². The third-order valence-electron chi connectivity index (χ3n) is 2.28. The number of nitrogens with zero attached hydrogens (tertiary/aromatic N) is 1. The first-order valence-corrected chi connectivity index (χ1v) is 7.42. The summed E-state index contributed by atoms with van der Waals surface area (Å²) in [5.41, 5.74) is -6.43. The highest BCUT2D eigenvalue weighted by Gasteiger charge is 2.49. The van der Waals surface area contributed by atoms with Gasteiger partial charge in [-0.25, -0.2) is 8.98 Å². The quantitative estimate of drug-likeness (QED) is 0.574. The van der Waals surface area contributed by atoms with Gasteiger partial charge in [0, 0.05) is 6.20 Å². The molecule has 1 aliphatic rings. The summed E-state index contributed by atoms with van der Waals surface area (Å²) in [6.07, 6.45) is 0.262. The summed E-state index contributed by atoms with van der Waals surface area (Å²) in [5, 5.41) is 0. The van der Waals surface area contributed by atoms with Gasteiger partial charge in [0.15, 0.2) is 6.23 Å². The molecule has 0 aromatic rings. The van der Waals surface area contributed by atoms with Crippen LogP contribution in [0.25, 0.3) is 0 Å². The minimum Gasteiger partial charge on any atom is -0.443 e. The Hall–Kier alpha value is -1.29. The summed E-state index contributed by atoms with van der Waals surface area (Å²) in [4.78, 5) is 12.5. The number of rotatable bonds is 2. The number of hydrogen-bond donors (Lipinski definition) is 0. The minimum absolute atomic E-state index is 0.0922. The fourth-order valence-corrected chi connectivity index (χ4v) is 2.04. The van der Waals surface area contributed by atoms with Crippen LogP contribution in [0.4, 0.5) is 18.0 Å². The Morgan fingerprint density at radius 3 is 2.33 bits per heavy atom. The largest absolute Gasteiger partial charge is 0.523 e. The van der Waals surface area contributed by atoms with Gasteiger partial charge in [-0.1, -0.05) is 6.08 Å². The molecule has 0 saturated heterocycles. The van der Waals surface area contributed by atoms with Crippen LogP contribution < -0.4 is 0 Å². The summed E-state index contributed by atoms with van der Waals surface area (Å²) in [6.45, 7) is 4.71. The van der Waals surface area contributed by atoms with Gasteiger partial charge in [0.25, 0.3) is 0 Å². The zero-order valence-corrected chi connectivity index (χ0v) is 12.5. The average molecular weight is 331 g/mol. The molecule has 1 atom stereocenters. The van der Waals surface area contributed by atoms with Crippen molar-refractivity contribution in [2.24, 2.45) is 0 Å². The second kappa shape index (κ2) is 5.84. The number of carbonyl (C=O) groups is 1. The van der Waals surface area contributed by atoms with Gasteiger partial charge in [-0.3, -0.25) is 4.90 Å². The standard InChI is InChI=1S/C11H16F3NO5S/c1-10(2,3)19-9(16)15-7-5-4-6-8(15)20-21(17,18)11(12,13)14/h5,7-8H,4,6H2,1-3H3. The fourth-order valence-electron chi connectivity index (χ4n) is 1.45. The first kappa shape index (κ1) is 17.8. The topological polar surface area (TPSA) is 72.9 Å². The third-order valence-corrected chi connectivity index (χ3v) is 3.32. The highest BCUT2D eigenvalue weighted by molar-refractivity contribution is 7.87. The Kier molecular flexibility index (Phi) is 4.94. The van der Waals surface area contributed by atoms with Crippen LogP contribution in [-0.4, -0.2) is 36.7 Å². The van der Waals surface area contributed by atoms with E-state index in [1.54, 1.807) is 20.8 Å². The molecule has 0 aromatic heterocycles. The molecule has 0 saturated carbocycles. The molecule has 0 radical (unpaired) electrons. The van der Waals surface area contributed by atoms with Crippen LogP contribution in [0.5, 0.6) is 0 Å². The van der Waals surface area contributed by atoms with Crippen LogP contribution in [0.3, 0.4) is 0 Å². The van der Waals surface area contributed by atoms with E-state index in [-0.39, 0.29) is 12.8 Å². The second-order valence-corrected chi connectivity index (χ2v) is 6.86.